The second kappa shape index (κ2) is 9.41. The Hall–Kier alpha value is -4.72. The summed E-state index contributed by atoms with van der Waals surface area (Å²) in [7, 11) is 0. The predicted molar refractivity (Wildman–Crippen MR) is 129 cm³/mol. The zero-order valence-electron chi connectivity index (χ0n) is 18.1. The van der Waals surface area contributed by atoms with E-state index in [2.05, 4.69) is 20.4 Å². The van der Waals surface area contributed by atoms with E-state index < -0.39 is 0 Å². The van der Waals surface area contributed by atoms with Gasteiger partial charge in [-0.3, -0.25) is 14.6 Å². The molecule has 1 amide bonds. The SMILES string of the molecule is O=C(CCc1ccccc1)Nc1cc(-c2ccco2)nn1-c1nc(-c2ccccc2)cc(=O)[nH]1. The van der Waals surface area contributed by atoms with E-state index in [1.165, 1.54) is 10.7 Å². The fraction of sp³-hybridized carbons (Fsp3) is 0.0769. The van der Waals surface area contributed by atoms with Crippen molar-refractivity contribution in [2.45, 2.75) is 12.8 Å². The molecule has 0 bridgehead atoms. The monoisotopic (exact) mass is 451 g/mol. The summed E-state index contributed by atoms with van der Waals surface area (Å²) in [6.07, 6.45) is 2.44. The lowest BCUT2D eigenvalue weighted by Gasteiger charge is -2.09. The van der Waals surface area contributed by atoms with Crippen LogP contribution in [0.4, 0.5) is 5.82 Å². The average Bonchev–Trinajstić information content (AvgIpc) is 3.54. The Morgan fingerprint density at radius 1 is 0.941 bits per heavy atom. The van der Waals surface area contributed by atoms with E-state index in [4.69, 9.17) is 4.42 Å². The number of furan rings is 1. The Kier molecular flexibility index (Phi) is 5.85. The molecule has 0 spiro atoms. The smallest absolute Gasteiger partial charge is 0.252 e. The van der Waals surface area contributed by atoms with Crippen molar-refractivity contribution in [2.75, 3.05) is 5.32 Å². The Labute approximate surface area is 194 Å². The first-order valence-electron chi connectivity index (χ1n) is 10.8. The van der Waals surface area contributed by atoms with Crippen LogP contribution in [0, 0.1) is 0 Å². The lowest BCUT2D eigenvalue weighted by Crippen LogP contribution is -2.19. The highest BCUT2D eigenvalue weighted by atomic mass is 16.3. The number of nitrogens with zero attached hydrogens (tertiary/aromatic N) is 3. The van der Waals surface area contributed by atoms with Gasteiger partial charge in [0.2, 0.25) is 11.9 Å². The molecule has 3 aromatic heterocycles. The maximum atomic E-state index is 12.8. The maximum Gasteiger partial charge on any atom is 0.252 e. The zero-order valence-corrected chi connectivity index (χ0v) is 18.1. The molecule has 8 heteroatoms. The van der Waals surface area contributed by atoms with Gasteiger partial charge >= 0.3 is 0 Å². The molecule has 0 fully saturated rings. The number of anilines is 1. The van der Waals surface area contributed by atoms with Crippen LogP contribution in [0.1, 0.15) is 12.0 Å². The number of hydrogen-bond acceptors (Lipinski definition) is 5. The Morgan fingerprint density at radius 3 is 2.44 bits per heavy atom. The number of nitrogens with one attached hydrogen (secondary N) is 2. The summed E-state index contributed by atoms with van der Waals surface area (Å²) in [5.41, 5.74) is 2.53. The lowest BCUT2D eigenvalue weighted by atomic mass is 10.1. The quantitative estimate of drug-likeness (QED) is 0.380. The molecule has 0 atom stereocenters. The van der Waals surface area contributed by atoms with Crippen LogP contribution in [0.3, 0.4) is 0 Å². The second-order valence-corrected chi connectivity index (χ2v) is 7.66. The first kappa shape index (κ1) is 21.1. The minimum Gasteiger partial charge on any atom is -0.463 e. The molecule has 0 aliphatic rings. The number of carbonyl (C=O) groups is 1. The third kappa shape index (κ3) is 4.71. The molecule has 0 aliphatic carbocycles. The fourth-order valence-corrected chi connectivity index (χ4v) is 3.59. The van der Waals surface area contributed by atoms with E-state index >= 15 is 0 Å². The van der Waals surface area contributed by atoms with Crippen molar-refractivity contribution in [3.63, 3.8) is 0 Å². The van der Waals surface area contributed by atoms with E-state index in [0.717, 1.165) is 11.1 Å². The van der Waals surface area contributed by atoms with Crippen molar-refractivity contribution >= 4 is 11.7 Å². The zero-order chi connectivity index (χ0) is 23.3. The highest BCUT2D eigenvalue weighted by Gasteiger charge is 2.17. The minimum absolute atomic E-state index is 0.183. The number of carbonyl (C=O) groups excluding carboxylic acids is 1. The summed E-state index contributed by atoms with van der Waals surface area (Å²) in [6.45, 7) is 0. The number of aryl methyl sites for hydroxylation is 1. The van der Waals surface area contributed by atoms with E-state index in [-0.39, 0.29) is 17.4 Å². The second-order valence-electron chi connectivity index (χ2n) is 7.66. The van der Waals surface area contributed by atoms with Gasteiger partial charge in [-0.15, -0.1) is 0 Å². The van der Waals surface area contributed by atoms with Gasteiger partial charge in [0.05, 0.1) is 12.0 Å². The van der Waals surface area contributed by atoms with Gasteiger partial charge in [0.25, 0.3) is 5.56 Å². The van der Waals surface area contributed by atoms with Gasteiger partial charge in [-0.2, -0.15) is 9.78 Å². The molecule has 3 heterocycles. The first-order valence-corrected chi connectivity index (χ1v) is 10.8. The molecule has 168 valence electrons. The van der Waals surface area contributed by atoms with Gasteiger partial charge in [-0.05, 0) is 24.1 Å². The van der Waals surface area contributed by atoms with Crippen LogP contribution in [0.25, 0.3) is 28.7 Å². The lowest BCUT2D eigenvalue weighted by molar-refractivity contribution is -0.116. The summed E-state index contributed by atoms with van der Waals surface area (Å²) < 4.78 is 6.88. The van der Waals surface area contributed by atoms with Crippen LogP contribution in [-0.2, 0) is 11.2 Å². The molecule has 0 radical (unpaired) electrons. The van der Waals surface area contributed by atoms with Gasteiger partial charge < -0.3 is 9.73 Å². The molecule has 8 nitrogen and oxygen atoms in total. The molecular formula is C26H21N5O3. The third-order valence-corrected chi connectivity index (χ3v) is 5.23. The van der Waals surface area contributed by atoms with Crippen molar-refractivity contribution in [3.05, 3.63) is 107 Å². The molecule has 0 saturated carbocycles. The number of aromatic nitrogens is 4. The molecule has 2 N–H and O–H groups in total. The predicted octanol–water partition coefficient (Wildman–Crippen LogP) is 4.45. The van der Waals surface area contributed by atoms with E-state index in [1.807, 2.05) is 60.7 Å². The number of H-pyrrole nitrogens is 1. The van der Waals surface area contributed by atoms with Crippen molar-refractivity contribution in [1.29, 1.82) is 0 Å². The highest BCUT2D eigenvalue weighted by molar-refractivity contribution is 5.90. The number of rotatable bonds is 7. The van der Waals surface area contributed by atoms with Crippen molar-refractivity contribution in [2.24, 2.45) is 0 Å². The summed E-state index contributed by atoms with van der Waals surface area (Å²) in [5, 5.41) is 7.44. The van der Waals surface area contributed by atoms with E-state index in [9.17, 15) is 9.59 Å². The van der Waals surface area contributed by atoms with Gasteiger partial charge in [0.15, 0.2) is 5.76 Å². The van der Waals surface area contributed by atoms with Crippen LogP contribution >= 0.6 is 0 Å². The van der Waals surface area contributed by atoms with Crippen LogP contribution in [-0.4, -0.2) is 25.7 Å². The topological polar surface area (TPSA) is 106 Å². The van der Waals surface area contributed by atoms with Crippen molar-refractivity contribution < 1.29 is 9.21 Å². The van der Waals surface area contributed by atoms with E-state index in [0.29, 0.717) is 35.8 Å². The average molecular weight is 451 g/mol. The molecule has 5 aromatic rings. The molecular weight excluding hydrogens is 430 g/mol. The van der Waals surface area contributed by atoms with Gasteiger partial charge in [-0.25, -0.2) is 4.98 Å². The molecule has 5 rings (SSSR count). The minimum atomic E-state index is -0.333. The number of benzene rings is 2. The van der Waals surface area contributed by atoms with Gasteiger partial charge in [0, 0.05) is 24.1 Å². The molecule has 0 unspecified atom stereocenters. The third-order valence-electron chi connectivity index (χ3n) is 5.23. The van der Waals surface area contributed by atoms with Gasteiger partial charge in [0.1, 0.15) is 11.5 Å². The fourth-order valence-electron chi connectivity index (χ4n) is 3.59. The number of hydrogen-bond donors (Lipinski definition) is 2. The standard InChI is InChI=1S/C26H21N5O3/c32-24(14-13-18-8-3-1-4-9-18)28-23-16-21(22-12-7-15-34-22)30-31(23)26-27-20(17-25(33)29-26)19-10-5-2-6-11-19/h1-12,15-17H,13-14H2,(H,28,32)(H,27,29,33). The normalized spacial score (nSPS) is 10.8. The van der Waals surface area contributed by atoms with Crippen LogP contribution in [0.2, 0.25) is 0 Å². The Morgan fingerprint density at radius 2 is 1.71 bits per heavy atom. The van der Waals surface area contributed by atoms with E-state index in [1.54, 1.807) is 24.5 Å². The first-order chi connectivity index (χ1) is 16.7. The summed E-state index contributed by atoms with van der Waals surface area (Å²) >= 11 is 0. The van der Waals surface area contributed by atoms with Crippen LogP contribution in [0.5, 0.6) is 0 Å². The van der Waals surface area contributed by atoms with Crippen LogP contribution in [0.15, 0.2) is 100 Å². The number of aromatic amines is 1. The van der Waals surface area contributed by atoms with Crippen molar-refractivity contribution in [1.82, 2.24) is 19.7 Å². The maximum absolute atomic E-state index is 12.8. The number of amides is 1. The highest BCUT2D eigenvalue weighted by Crippen LogP contribution is 2.25. The molecule has 2 aromatic carbocycles. The Balaban J connectivity index is 1.49. The van der Waals surface area contributed by atoms with Crippen molar-refractivity contribution in [3.8, 4) is 28.7 Å². The summed E-state index contributed by atoms with van der Waals surface area (Å²) in [4.78, 5) is 32.5. The van der Waals surface area contributed by atoms with Crippen LogP contribution < -0.4 is 10.9 Å². The summed E-state index contributed by atoms with van der Waals surface area (Å²) in [5.74, 6) is 0.901. The summed E-state index contributed by atoms with van der Waals surface area (Å²) in [6, 6.07) is 25.8. The molecule has 0 saturated heterocycles. The Bertz CT molecular complexity index is 1460. The molecule has 34 heavy (non-hydrogen) atoms. The van der Waals surface area contributed by atoms with Gasteiger partial charge in [-0.1, -0.05) is 60.7 Å². The largest absolute Gasteiger partial charge is 0.463 e. The molecule has 0 aliphatic heterocycles.